The van der Waals surface area contributed by atoms with Gasteiger partial charge >= 0.3 is 6.09 Å². The van der Waals surface area contributed by atoms with Gasteiger partial charge in [-0.25, -0.2) is 4.79 Å². The topological polar surface area (TPSA) is 82.5 Å². The summed E-state index contributed by atoms with van der Waals surface area (Å²) in [5.41, 5.74) is 0.178. The molecule has 1 amide bonds. The number of pyridine rings is 1. The third-order valence-corrected chi connectivity index (χ3v) is 2.75. The second-order valence-corrected chi connectivity index (χ2v) is 4.98. The predicted octanol–water partition coefficient (Wildman–Crippen LogP) is 2.33. The molecule has 0 aliphatic carbocycles. The fourth-order valence-corrected chi connectivity index (χ4v) is 1.81. The van der Waals surface area contributed by atoms with Gasteiger partial charge in [0.1, 0.15) is 0 Å². The van der Waals surface area contributed by atoms with Crippen molar-refractivity contribution in [2.24, 2.45) is 0 Å². The fourth-order valence-electron chi connectivity index (χ4n) is 1.81. The Balaban J connectivity index is 2.36. The first-order chi connectivity index (χ1) is 8.41. The molecule has 100 valence electrons. The molecule has 1 heterocycles. The molecule has 0 bridgehead atoms. The lowest BCUT2D eigenvalue weighted by molar-refractivity contribution is 0.152. The predicted molar refractivity (Wildman–Crippen MR) is 68.3 cm³/mol. The van der Waals surface area contributed by atoms with E-state index in [4.69, 9.17) is 5.11 Å². The van der Waals surface area contributed by atoms with Crippen molar-refractivity contribution < 1.29 is 15.0 Å². The SMILES string of the molecule is CC(C)(CCCC(O)c1ccccn1)NC(=O)O. The zero-order valence-corrected chi connectivity index (χ0v) is 10.8. The molecule has 0 saturated carbocycles. The van der Waals surface area contributed by atoms with Gasteiger partial charge in [0.25, 0.3) is 0 Å². The van der Waals surface area contributed by atoms with Crippen LogP contribution in [0.4, 0.5) is 4.79 Å². The number of rotatable bonds is 6. The normalized spacial score (nSPS) is 13.1. The van der Waals surface area contributed by atoms with E-state index in [1.165, 1.54) is 0 Å². The summed E-state index contributed by atoms with van der Waals surface area (Å²) in [6.45, 7) is 3.66. The second kappa shape index (κ2) is 6.35. The molecule has 0 aliphatic rings. The van der Waals surface area contributed by atoms with E-state index in [1.807, 2.05) is 19.9 Å². The lowest BCUT2D eigenvalue weighted by Crippen LogP contribution is -2.42. The molecule has 0 aromatic carbocycles. The van der Waals surface area contributed by atoms with Crippen molar-refractivity contribution >= 4 is 6.09 Å². The number of aliphatic hydroxyl groups is 1. The summed E-state index contributed by atoms with van der Waals surface area (Å²) in [4.78, 5) is 14.6. The summed E-state index contributed by atoms with van der Waals surface area (Å²) in [7, 11) is 0. The second-order valence-electron chi connectivity index (χ2n) is 4.98. The summed E-state index contributed by atoms with van der Waals surface area (Å²) < 4.78 is 0. The molecule has 1 aromatic heterocycles. The summed E-state index contributed by atoms with van der Waals surface area (Å²) in [6.07, 6.45) is 2.00. The first-order valence-electron chi connectivity index (χ1n) is 6.01. The Bertz CT molecular complexity index is 379. The smallest absolute Gasteiger partial charge is 0.405 e. The first-order valence-corrected chi connectivity index (χ1v) is 6.01. The van der Waals surface area contributed by atoms with E-state index >= 15 is 0 Å². The Morgan fingerprint density at radius 3 is 2.78 bits per heavy atom. The Kier molecular flexibility index (Phi) is 5.09. The summed E-state index contributed by atoms with van der Waals surface area (Å²) >= 11 is 0. The van der Waals surface area contributed by atoms with Crippen LogP contribution in [0.15, 0.2) is 24.4 Å². The highest BCUT2D eigenvalue weighted by molar-refractivity contribution is 5.65. The Hall–Kier alpha value is -1.62. The van der Waals surface area contributed by atoms with Crippen LogP contribution in [0.2, 0.25) is 0 Å². The molecule has 5 heteroatoms. The molecule has 0 aliphatic heterocycles. The Morgan fingerprint density at radius 2 is 2.22 bits per heavy atom. The molecule has 0 saturated heterocycles. The number of hydrogen-bond donors (Lipinski definition) is 3. The maximum atomic E-state index is 10.6. The van der Waals surface area contributed by atoms with Crippen LogP contribution in [0, 0.1) is 0 Å². The number of carbonyl (C=O) groups is 1. The Morgan fingerprint density at radius 1 is 1.50 bits per heavy atom. The minimum Gasteiger partial charge on any atom is -0.465 e. The van der Waals surface area contributed by atoms with E-state index in [0.717, 1.165) is 6.42 Å². The standard InChI is InChI=1S/C13H20N2O3/c1-13(2,15-12(17)18)8-5-7-11(16)10-6-3-4-9-14-10/h3-4,6,9,11,15-16H,5,7-8H2,1-2H3,(H,17,18). The van der Waals surface area contributed by atoms with E-state index in [2.05, 4.69) is 10.3 Å². The number of nitrogens with one attached hydrogen (secondary N) is 1. The molecule has 1 unspecified atom stereocenters. The number of carboxylic acid groups (broad SMARTS) is 1. The van der Waals surface area contributed by atoms with E-state index in [9.17, 15) is 9.90 Å². The van der Waals surface area contributed by atoms with Crippen molar-refractivity contribution in [3.63, 3.8) is 0 Å². The van der Waals surface area contributed by atoms with Gasteiger partial charge in [-0.15, -0.1) is 0 Å². The maximum Gasteiger partial charge on any atom is 0.405 e. The molecule has 0 fully saturated rings. The van der Waals surface area contributed by atoms with E-state index in [1.54, 1.807) is 18.3 Å². The van der Waals surface area contributed by atoms with Crippen LogP contribution >= 0.6 is 0 Å². The third kappa shape index (κ3) is 5.14. The number of nitrogens with zero attached hydrogens (tertiary/aromatic N) is 1. The third-order valence-electron chi connectivity index (χ3n) is 2.75. The highest BCUT2D eigenvalue weighted by Gasteiger charge is 2.20. The average Bonchev–Trinajstić information content (AvgIpc) is 2.28. The number of hydrogen-bond acceptors (Lipinski definition) is 3. The first kappa shape index (κ1) is 14.4. The van der Waals surface area contributed by atoms with Gasteiger partial charge in [0, 0.05) is 11.7 Å². The van der Waals surface area contributed by atoms with Gasteiger partial charge in [0.05, 0.1) is 11.8 Å². The van der Waals surface area contributed by atoms with Gasteiger partial charge in [-0.2, -0.15) is 0 Å². The molecular weight excluding hydrogens is 232 g/mol. The van der Waals surface area contributed by atoms with E-state index in [-0.39, 0.29) is 0 Å². The number of aliphatic hydroxyl groups excluding tert-OH is 1. The largest absolute Gasteiger partial charge is 0.465 e. The van der Waals surface area contributed by atoms with Gasteiger partial charge in [0.2, 0.25) is 0 Å². The molecule has 1 aromatic rings. The minimum atomic E-state index is -1.02. The van der Waals surface area contributed by atoms with Crippen LogP contribution in [0.1, 0.15) is 44.9 Å². The van der Waals surface area contributed by atoms with Crippen molar-refractivity contribution in [1.82, 2.24) is 10.3 Å². The van der Waals surface area contributed by atoms with Crippen molar-refractivity contribution in [3.05, 3.63) is 30.1 Å². The van der Waals surface area contributed by atoms with Crippen molar-refractivity contribution in [1.29, 1.82) is 0 Å². The van der Waals surface area contributed by atoms with Crippen LogP contribution in [0.25, 0.3) is 0 Å². The molecule has 5 nitrogen and oxygen atoms in total. The quantitative estimate of drug-likeness (QED) is 0.725. The fraction of sp³-hybridized carbons (Fsp3) is 0.538. The van der Waals surface area contributed by atoms with Gasteiger partial charge in [-0.1, -0.05) is 6.07 Å². The lowest BCUT2D eigenvalue weighted by Gasteiger charge is -2.24. The molecule has 18 heavy (non-hydrogen) atoms. The molecule has 0 spiro atoms. The minimum absolute atomic E-state index is 0.477. The zero-order chi connectivity index (χ0) is 13.6. The van der Waals surface area contributed by atoms with Gasteiger partial charge < -0.3 is 15.5 Å². The van der Waals surface area contributed by atoms with Crippen LogP contribution in [-0.4, -0.2) is 26.8 Å². The molecule has 1 atom stereocenters. The lowest BCUT2D eigenvalue weighted by atomic mass is 9.96. The molecule has 0 radical (unpaired) electrons. The highest BCUT2D eigenvalue weighted by Crippen LogP contribution is 2.20. The van der Waals surface area contributed by atoms with Crippen LogP contribution in [0.5, 0.6) is 0 Å². The maximum absolute atomic E-state index is 10.6. The number of aromatic nitrogens is 1. The van der Waals surface area contributed by atoms with Crippen molar-refractivity contribution in [2.45, 2.75) is 44.8 Å². The van der Waals surface area contributed by atoms with Crippen LogP contribution < -0.4 is 5.32 Å². The van der Waals surface area contributed by atoms with Crippen LogP contribution in [0.3, 0.4) is 0 Å². The van der Waals surface area contributed by atoms with Crippen molar-refractivity contribution in [2.75, 3.05) is 0 Å². The van der Waals surface area contributed by atoms with Crippen LogP contribution in [-0.2, 0) is 0 Å². The molecule has 1 rings (SSSR count). The number of amides is 1. The Labute approximate surface area is 107 Å². The average molecular weight is 252 g/mol. The van der Waals surface area contributed by atoms with E-state index in [0.29, 0.717) is 18.5 Å². The molecular formula is C13H20N2O3. The van der Waals surface area contributed by atoms with Gasteiger partial charge in [0.15, 0.2) is 0 Å². The van der Waals surface area contributed by atoms with E-state index < -0.39 is 17.7 Å². The van der Waals surface area contributed by atoms with Gasteiger partial charge in [-0.05, 0) is 45.2 Å². The summed E-state index contributed by atoms with van der Waals surface area (Å²) in [5.74, 6) is 0. The highest BCUT2D eigenvalue weighted by atomic mass is 16.4. The molecule has 3 N–H and O–H groups in total. The summed E-state index contributed by atoms with van der Waals surface area (Å²) in [5, 5.41) is 21.0. The monoisotopic (exact) mass is 252 g/mol. The van der Waals surface area contributed by atoms with Crippen molar-refractivity contribution in [3.8, 4) is 0 Å². The zero-order valence-electron chi connectivity index (χ0n) is 10.8. The summed E-state index contributed by atoms with van der Waals surface area (Å²) in [6, 6.07) is 5.42. The van der Waals surface area contributed by atoms with Gasteiger partial charge in [-0.3, -0.25) is 4.98 Å².